The van der Waals surface area contributed by atoms with Gasteiger partial charge in [-0.2, -0.15) is 0 Å². The van der Waals surface area contributed by atoms with Gasteiger partial charge in [-0.25, -0.2) is 4.98 Å². The molecule has 2 rings (SSSR count). The second-order valence-electron chi connectivity index (χ2n) is 3.46. The molecule has 90 valence electrons. The maximum Gasteiger partial charge on any atom is 0.152 e. The molecule has 2 heterocycles. The van der Waals surface area contributed by atoms with Crippen LogP contribution in [0, 0.1) is 6.92 Å². The van der Waals surface area contributed by atoms with E-state index in [0.29, 0.717) is 5.15 Å². The van der Waals surface area contributed by atoms with Crippen molar-refractivity contribution in [1.82, 2.24) is 4.98 Å². The quantitative estimate of drug-likeness (QED) is 0.718. The third kappa shape index (κ3) is 3.44. The van der Waals surface area contributed by atoms with E-state index in [-0.39, 0.29) is 0 Å². The number of rotatable bonds is 3. The zero-order chi connectivity index (χ0) is 12.4. The van der Waals surface area contributed by atoms with Gasteiger partial charge < -0.3 is 5.32 Å². The summed E-state index contributed by atoms with van der Waals surface area (Å²) in [5.41, 5.74) is 0.836. The van der Waals surface area contributed by atoms with Gasteiger partial charge >= 0.3 is 0 Å². The Bertz CT molecular complexity index is 523. The van der Waals surface area contributed by atoms with E-state index in [1.54, 1.807) is 17.5 Å². The highest BCUT2D eigenvalue weighted by Crippen LogP contribution is 2.28. The van der Waals surface area contributed by atoms with Gasteiger partial charge in [0.25, 0.3) is 0 Å². The summed E-state index contributed by atoms with van der Waals surface area (Å²) in [6.45, 7) is 2.83. The predicted molar refractivity (Wildman–Crippen MR) is 81.0 cm³/mol. The summed E-state index contributed by atoms with van der Waals surface area (Å²) >= 11 is 14.6. The first kappa shape index (κ1) is 13.3. The maximum atomic E-state index is 6.00. The Kier molecular flexibility index (Phi) is 4.47. The first-order valence-electron chi connectivity index (χ1n) is 4.86. The Morgan fingerprint density at radius 1 is 1.41 bits per heavy atom. The molecule has 0 spiro atoms. The van der Waals surface area contributed by atoms with E-state index in [0.717, 1.165) is 21.2 Å². The van der Waals surface area contributed by atoms with Crippen LogP contribution < -0.4 is 5.32 Å². The van der Waals surface area contributed by atoms with Crippen molar-refractivity contribution in [3.8, 4) is 0 Å². The Morgan fingerprint density at radius 2 is 2.18 bits per heavy atom. The SMILES string of the molecule is Cc1sc(CNc2cc(Br)cnc2Cl)cc1Br. The normalized spacial score (nSPS) is 10.6. The van der Waals surface area contributed by atoms with E-state index >= 15 is 0 Å². The lowest BCUT2D eigenvalue weighted by Gasteiger charge is -2.06. The molecule has 0 aliphatic heterocycles. The number of pyridine rings is 1. The molecule has 2 nitrogen and oxygen atoms in total. The van der Waals surface area contributed by atoms with Crippen LogP contribution in [-0.2, 0) is 6.54 Å². The van der Waals surface area contributed by atoms with Crippen molar-refractivity contribution < 1.29 is 0 Å². The van der Waals surface area contributed by atoms with Gasteiger partial charge in [0.1, 0.15) is 0 Å². The number of nitrogens with zero attached hydrogens (tertiary/aromatic N) is 1. The number of aromatic nitrogens is 1. The van der Waals surface area contributed by atoms with Crippen LogP contribution in [0.1, 0.15) is 9.75 Å². The molecule has 0 radical (unpaired) electrons. The molecule has 1 N–H and O–H groups in total. The molecule has 0 aromatic carbocycles. The average Bonchev–Trinajstić information content (AvgIpc) is 2.60. The molecular formula is C11H9Br2ClN2S. The highest BCUT2D eigenvalue weighted by Gasteiger charge is 2.05. The van der Waals surface area contributed by atoms with Crippen molar-refractivity contribution in [2.24, 2.45) is 0 Å². The van der Waals surface area contributed by atoms with Crippen molar-refractivity contribution in [1.29, 1.82) is 0 Å². The van der Waals surface area contributed by atoms with E-state index in [4.69, 9.17) is 11.6 Å². The highest BCUT2D eigenvalue weighted by atomic mass is 79.9. The Hall–Kier alpha value is -0.100. The number of aryl methyl sites for hydroxylation is 1. The first-order valence-corrected chi connectivity index (χ1v) is 7.64. The fourth-order valence-electron chi connectivity index (χ4n) is 1.33. The van der Waals surface area contributed by atoms with Crippen molar-refractivity contribution in [3.05, 3.63) is 42.2 Å². The molecule has 0 saturated heterocycles. The molecule has 6 heteroatoms. The van der Waals surface area contributed by atoms with Gasteiger partial charge in [0.2, 0.25) is 0 Å². The Balaban J connectivity index is 2.09. The van der Waals surface area contributed by atoms with Gasteiger partial charge in [-0.3, -0.25) is 0 Å². The molecule has 0 bridgehead atoms. The highest BCUT2D eigenvalue weighted by molar-refractivity contribution is 9.10. The fourth-order valence-corrected chi connectivity index (χ4v) is 3.38. The van der Waals surface area contributed by atoms with Crippen molar-refractivity contribution in [2.75, 3.05) is 5.32 Å². The van der Waals surface area contributed by atoms with E-state index in [1.165, 1.54) is 9.75 Å². The van der Waals surface area contributed by atoms with Gasteiger partial charge in [-0.1, -0.05) is 11.6 Å². The number of halogens is 3. The minimum absolute atomic E-state index is 0.487. The van der Waals surface area contributed by atoms with Gasteiger partial charge in [0, 0.05) is 31.4 Å². The van der Waals surface area contributed by atoms with Crippen LogP contribution in [-0.4, -0.2) is 4.98 Å². The van der Waals surface area contributed by atoms with Crippen molar-refractivity contribution >= 4 is 60.5 Å². The second kappa shape index (κ2) is 5.69. The molecule has 0 aliphatic carbocycles. The molecule has 17 heavy (non-hydrogen) atoms. The van der Waals surface area contributed by atoms with Crippen LogP contribution in [0.15, 0.2) is 27.3 Å². The number of anilines is 1. The number of thiophene rings is 1. The van der Waals surface area contributed by atoms with Crippen LogP contribution in [0.25, 0.3) is 0 Å². The average molecular weight is 397 g/mol. The largest absolute Gasteiger partial charge is 0.378 e. The Morgan fingerprint density at radius 3 is 2.82 bits per heavy atom. The van der Waals surface area contributed by atoms with Crippen LogP contribution in [0.4, 0.5) is 5.69 Å². The van der Waals surface area contributed by atoms with Crippen LogP contribution >= 0.6 is 54.8 Å². The van der Waals surface area contributed by atoms with Gasteiger partial charge in [-0.05, 0) is 50.9 Å². The van der Waals surface area contributed by atoms with Crippen LogP contribution in [0.2, 0.25) is 5.15 Å². The standard InChI is InChI=1S/C11H9Br2ClN2S/c1-6-9(13)3-8(17-6)5-15-10-2-7(12)4-16-11(10)14/h2-4,15H,5H2,1H3. The van der Waals surface area contributed by atoms with E-state index < -0.39 is 0 Å². The van der Waals surface area contributed by atoms with E-state index in [9.17, 15) is 0 Å². The van der Waals surface area contributed by atoms with Crippen molar-refractivity contribution in [2.45, 2.75) is 13.5 Å². The topological polar surface area (TPSA) is 24.9 Å². The number of nitrogens with one attached hydrogen (secondary N) is 1. The summed E-state index contributed by atoms with van der Waals surface area (Å²) < 4.78 is 2.06. The van der Waals surface area contributed by atoms with Gasteiger partial charge in [0.05, 0.1) is 5.69 Å². The number of hydrogen-bond acceptors (Lipinski definition) is 3. The molecular weight excluding hydrogens is 387 g/mol. The molecule has 2 aromatic rings. The fraction of sp³-hybridized carbons (Fsp3) is 0.182. The van der Waals surface area contributed by atoms with Crippen LogP contribution in [0.3, 0.4) is 0 Å². The first-order chi connectivity index (χ1) is 8.06. The summed E-state index contributed by atoms with van der Waals surface area (Å²) in [5.74, 6) is 0. The lowest BCUT2D eigenvalue weighted by Crippen LogP contribution is -1.98. The van der Waals surface area contributed by atoms with Crippen molar-refractivity contribution in [3.63, 3.8) is 0 Å². The summed E-state index contributed by atoms with van der Waals surface area (Å²) in [5, 5.41) is 3.76. The summed E-state index contributed by atoms with van der Waals surface area (Å²) in [7, 11) is 0. The van der Waals surface area contributed by atoms with Gasteiger partial charge in [-0.15, -0.1) is 11.3 Å². The molecule has 0 atom stereocenters. The monoisotopic (exact) mass is 394 g/mol. The summed E-state index contributed by atoms with van der Waals surface area (Å²) in [4.78, 5) is 6.60. The minimum Gasteiger partial charge on any atom is -0.378 e. The van der Waals surface area contributed by atoms with Crippen LogP contribution in [0.5, 0.6) is 0 Å². The zero-order valence-corrected chi connectivity index (χ0v) is 13.7. The molecule has 0 unspecified atom stereocenters. The lowest BCUT2D eigenvalue weighted by atomic mass is 10.4. The second-order valence-corrected chi connectivity index (χ2v) is 6.93. The smallest absolute Gasteiger partial charge is 0.152 e. The Labute approximate surface area is 126 Å². The molecule has 0 aliphatic rings. The van der Waals surface area contributed by atoms with E-state index in [1.807, 2.05) is 6.07 Å². The third-order valence-corrected chi connectivity index (χ3v) is 5.04. The summed E-state index contributed by atoms with van der Waals surface area (Å²) in [6, 6.07) is 4.04. The minimum atomic E-state index is 0.487. The third-order valence-electron chi connectivity index (χ3n) is 2.17. The number of hydrogen-bond donors (Lipinski definition) is 1. The van der Waals surface area contributed by atoms with Gasteiger partial charge in [0.15, 0.2) is 5.15 Å². The molecule has 0 fully saturated rings. The zero-order valence-electron chi connectivity index (χ0n) is 8.93. The molecule has 0 saturated carbocycles. The molecule has 0 amide bonds. The summed E-state index contributed by atoms with van der Waals surface area (Å²) in [6.07, 6.45) is 1.68. The predicted octanol–water partition coefficient (Wildman–Crippen LogP) is 5.24. The maximum absolute atomic E-state index is 6.00. The lowest BCUT2D eigenvalue weighted by molar-refractivity contribution is 1.17. The van der Waals surface area contributed by atoms with E-state index in [2.05, 4.69) is 55.2 Å². The molecule has 2 aromatic heterocycles.